The van der Waals surface area contributed by atoms with Crippen molar-refractivity contribution in [1.82, 2.24) is 84.9 Å². The molecular weight excluding hydrogens is 1830 g/mol. The van der Waals surface area contributed by atoms with Crippen LogP contribution in [0, 0.1) is 28.6 Å². The number of aliphatic hydroxyl groups excluding tert-OH is 1. The van der Waals surface area contributed by atoms with Gasteiger partial charge in [0.15, 0.2) is 17.1 Å². The predicted molar refractivity (Wildman–Crippen MR) is 477 cm³/mol. The number of thioether (sulfide) groups is 1. The highest BCUT2D eigenvalue weighted by molar-refractivity contribution is 8.13. The van der Waals surface area contributed by atoms with Crippen LogP contribution in [0.25, 0.3) is 22.3 Å². The van der Waals surface area contributed by atoms with Gasteiger partial charge in [-0.15, -0.1) is 0 Å². The molecule has 0 spiro atoms. The summed E-state index contributed by atoms with van der Waals surface area (Å²) >= 11 is 0.708. The zero-order chi connectivity index (χ0) is 100. The van der Waals surface area contributed by atoms with Crippen molar-refractivity contribution in [2.24, 2.45) is 28.6 Å². The van der Waals surface area contributed by atoms with Crippen LogP contribution in [0.3, 0.4) is 0 Å². The number of rotatable bonds is 43. The second-order valence-electron chi connectivity index (χ2n) is 34.4. The maximum atomic E-state index is 18.1. The number of carbonyl (C=O) groups is 17. The molecule has 4 aliphatic carbocycles. The molecule has 4 N–H and O–H groups in total. The summed E-state index contributed by atoms with van der Waals surface area (Å²) in [5, 5.41) is 17.8. The normalized spacial score (nSPS) is 20.5. The predicted octanol–water partition coefficient (Wildman–Crippen LogP) is -0.791. The Hall–Kier alpha value is -12.7. The molecule has 4 aromatic rings. The number of sulfone groups is 2. The fraction of sp³-hybridized carbons (Fsp3) is 0.529. The molecule has 3 saturated carbocycles. The van der Waals surface area contributed by atoms with Gasteiger partial charge < -0.3 is 88.7 Å². The average molecular weight is 1950 g/mol. The molecule has 3 heterocycles. The maximum Gasteiger partial charge on any atom is 0.375 e. The number of halogens is 2. The number of aliphatic hydroxyl groups is 1. The van der Waals surface area contributed by atoms with Crippen LogP contribution >= 0.6 is 11.8 Å². The van der Waals surface area contributed by atoms with Gasteiger partial charge in [0, 0.05) is 159 Å². The fourth-order valence-electron chi connectivity index (χ4n) is 16.5. The Labute approximate surface area is 782 Å². The molecule has 3 fully saturated rings. The molecule has 135 heavy (non-hydrogen) atoms. The van der Waals surface area contributed by atoms with E-state index in [2.05, 4.69) is 42.5 Å². The van der Waals surface area contributed by atoms with E-state index in [0.717, 1.165) is 73.7 Å². The Kier molecular flexibility index (Phi) is 36.3. The molecule has 0 saturated heterocycles. The molecule has 8 rings (SSSR count). The Bertz CT molecular complexity index is 5430. The number of amides is 13. The van der Waals surface area contributed by atoms with Crippen LogP contribution in [0.1, 0.15) is 80.2 Å². The number of fused-ring (bicyclic) bond motifs is 5. The van der Waals surface area contributed by atoms with E-state index in [1.165, 1.54) is 145 Å². The molecule has 3 aromatic heterocycles. The number of benzene rings is 1. The Morgan fingerprint density at radius 2 is 1.07 bits per heavy atom. The lowest BCUT2D eigenvalue weighted by atomic mass is 9.44. The van der Waals surface area contributed by atoms with E-state index in [9.17, 15) is 103 Å². The lowest BCUT2D eigenvalue weighted by molar-refractivity contribution is -0.221. The Morgan fingerprint density at radius 3 is 1.50 bits per heavy atom. The highest BCUT2D eigenvalue weighted by Gasteiger charge is 2.78. The lowest BCUT2D eigenvalue weighted by Crippen LogP contribution is -2.70. The van der Waals surface area contributed by atoms with Crippen molar-refractivity contribution in [1.29, 1.82) is 0 Å². The van der Waals surface area contributed by atoms with Gasteiger partial charge in [0.1, 0.15) is 25.6 Å². The first kappa shape index (κ1) is 108. The van der Waals surface area contributed by atoms with E-state index in [1.807, 2.05) is 0 Å². The van der Waals surface area contributed by atoms with Gasteiger partial charge in [0.05, 0.1) is 91.0 Å². The van der Waals surface area contributed by atoms with E-state index < -0.39 is 279 Å². The molecule has 10 atom stereocenters. The van der Waals surface area contributed by atoms with Gasteiger partial charge in [-0.25, -0.2) is 50.3 Å². The number of allylic oxidation sites excluding steroid dienone is 4. The number of hydrogen-bond donors (Lipinski definition) is 4. The van der Waals surface area contributed by atoms with E-state index in [0.29, 0.717) is 22.9 Å². The zero-order valence-electron chi connectivity index (χ0n) is 77.5. The third-order valence-corrected chi connectivity index (χ3v) is 27.0. The third-order valence-electron chi connectivity index (χ3n) is 24.3. The largest absolute Gasteiger partial charge is 0.461 e. The number of furan rings is 1. The number of esters is 2. The number of ketones is 1. The molecular formula is C87H113F2N17O26S3. The second-order valence-corrected chi connectivity index (χ2v) is 39.2. The number of nitrogens with one attached hydrogen (secondary N) is 3. The van der Waals surface area contributed by atoms with Gasteiger partial charge >= 0.3 is 11.9 Å². The third kappa shape index (κ3) is 26.3. The first-order chi connectivity index (χ1) is 63.1. The van der Waals surface area contributed by atoms with Crippen LogP contribution in [-0.2, 0) is 106 Å². The molecule has 1 aromatic carbocycles. The molecule has 4 aliphatic rings. The molecule has 0 aliphatic heterocycles. The second kappa shape index (κ2) is 45.6. The van der Waals surface area contributed by atoms with Crippen molar-refractivity contribution >= 4 is 131 Å². The summed E-state index contributed by atoms with van der Waals surface area (Å²) < 4.78 is 105. The first-order valence-corrected chi connectivity index (χ1v) is 47.1. The number of likely N-dealkylation sites (N-methyl/N-ethyl adjacent to an activating group) is 10. The first-order valence-electron chi connectivity index (χ1n) is 42.3. The van der Waals surface area contributed by atoms with Gasteiger partial charge in [-0.2, -0.15) is 0 Å². The molecule has 43 nitrogen and oxygen atoms in total. The molecule has 734 valence electrons. The average Bonchev–Trinajstić information content (AvgIpc) is 1.57. The van der Waals surface area contributed by atoms with Gasteiger partial charge in [0.25, 0.3) is 5.91 Å². The number of nitrogens with zero attached hydrogens (tertiary/aromatic N) is 14. The maximum absolute atomic E-state index is 18.1. The summed E-state index contributed by atoms with van der Waals surface area (Å²) in [4.78, 5) is 253. The van der Waals surface area contributed by atoms with Crippen LogP contribution in [0.15, 0.2) is 113 Å². The lowest BCUT2D eigenvalue weighted by Gasteiger charge is -2.63. The van der Waals surface area contributed by atoms with Crippen LogP contribution < -0.4 is 16.0 Å². The quantitative estimate of drug-likeness (QED) is 0.0139. The van der Waals surface area contributed by atoms with Gasteiger partial charge in [0.2, 0.25) is 112 Å². The Balaban J connectivity index is 0.726. The minimum absolute atomic E-state index is 0.00159. The molecule has 0 bridgehead atoms. The van der Waals surface area contributed by atoms with Crippen LogP contribution in [-0.4, -0.2) is 401 Å². The molecule has 48 heteroatoms. The van der Waals surface area contributed by atoms with Crippen molar-refractivity contribution < 1.29 is 131 Å². The van der Waals surface area contributed by atoms with Gasteiger partial charge in [-0.1, -0.05) is 44.3 Å². The monoisotopic (exact) mass is 1950 g/mol. The van der Waals surface area contributed by atoms with E-state index in [1.54, 1.807) is 19.9 Å². The molecule has 0 radical (unpaired) electrons. The summed E-state index contributed by atoms with van der Waals surface area (Å²) in [5.74, 6) is -15.2. The van der Waals surface area contributed by atoms with Crippen molar-refractivity contribution in [3.8, 4) is 22.3 Å². The van der Waals surface area contributed by atoms with Crippen LogP contribution in [0.2, 0.25) is 0 Å². The van der Waals surface area contributed by atoms with E-state index >= 15 is 8.78 Å². The minimum atomic E-state index is -3.78. The summed E-state index contributed by atoms with van der Waals surface area (Å²) in [6.45, 7) is 0.882. The van der Waals surface area contributed by atoms with Gasteiger partial charge in [-0.05, 0) is 104 Å². The number of hydrogen-bond acceptors (Lipinski definition) is 31. The number of carbonyl (C=O) groups excluding carboxylic acids is 17. The number of alkyl halides is 2. The van der Waals surface area contributed by atoms with E-state index in [-0.39, 0.29) is 72.7 Å². The van der Waals surface area contributed by atoms with Gasteiger partial charge in [-0.3, -0.25) is 76.7 Å². The minimum Gasteiger partial charge on any atom is -0.461 e. The number of ether oxygens (including phenoxy) is 3. The van der Waals surface area contributed by atoms with Crippen LogP contribution in [0.5, 0.6) is 0 Å². The smallest absolute Gasteiger partial charge is 0.375 e. The summed E-state index contributed by atoms with van der Waals surface area (Å²) in [6.07, 6.45) is 8.15. The van der Waals surface area contributed by atoms with Crippen molar-refractivity contribution in [3.05, 3.63) is 109 Å². The standard InChI is InChI=1S/C87H113F2N17O26S3/c1-17-25-131-77(120)22-18-20-63(78(121)95-51-129-27-28-133-81(124)87(132-80(123)64-21-19-26-130-64)52(2)29-59-60-34-62(88)61-33-58(107)23-24-84(61,3)86(60,89)65(108)35-85(59,87)4)96-66(109)40-90-67(110)41-97(5)68(111)42-98(6)69(112)43-99(7)70(113)44-100(8)71(114)45-101(9)72(115)46-102(10)73(116)47-103(11)74(117)48-104(12)75(118)49-105(13)76(119)50-106(14)79(122)55-31-53(56-36-91-82(92-37-56)134(15,125)126)30-54(32-55)57-38-93-83(94-39-57)135(16,127)128/h17,19,21,23-24,26,30-33,36-39,52,59-60,62-63,65,108H,1,18,20,22,25,27-29,34-35,40-51H2,2-16H3,(H,90,110)(H,95,121)(H,96,109)/t52-,59+,60+,62+,63+,65+,84+,85+,86+,87+/m1/s1. The number of aromatic nitrogens is 4. The topological polar surface area (TPSA) is 540 Å². The van der Waals surface area contributed by atoms with E-state index in [4.69, 9.17) is 18.6 Å². The van der Waals surface area contributed by atoms with Crippen molar-refractivity contribution in [2.45, 2.75) is 99.2 Å². The summed E-state index contributed by atoms with van der Waals surface area (Å²) in [7, 11) is 5.08. The highest BCUT2D eigenvalue weighted by atomic mass is 32.2. The zero-order valence-corrected chi connectivity index (χ0v) is 79.9. The molecule has 0 unspecified atom stereocenters. The van der Waals surface area contributed by atoms with Crippen LogP contribution in [0.4, 0.5) is 8.78 Å². The summed E-state index contributed by atoms with van der Waals surface area (Å²) in [5.41, 5.74) is -6.67. The highest BCUT2D eigenvalue weighted by Crippen LogP contribution is 2.72. The van der Waals surface area contributed by atoms with Crippen molar-refractivity contribution in [2.75, 3.05) is 181 Å². The Morgan fingerprint density at radius 1 is 0.622 bits per heavy atom. The van der Waals surface area contributed by atoms with Crippen molar-refractivity contribution in [3.63, 3.8) is 0 Å². The SMILES string of the molecule is C=CCOC(=O)CCC[C@H](NC(=O)CNC(=O)CN(C)C(=O)CN(C)C(=O)CN(C)C(=O)CN(C)C(=O)CN(C)C(=O)CN(C)C(=O)CN(C)C(=O)CN(C)C(=O)CN(C)C(=O)CN(C)C(=O)c1cc(-c2cnc(S(C)(=O)=O)nc2)cc(-c2cnc(S(C)(=O)=O)nc2)c1)C(=O)NCOCCSC(=O)[C@@]1(OC(=O)c2ccco2)[C@H](C)C[C@H]2[C@@H]3C[C@H](F)C4=CC(=O)C=C[C@]4(C)[C@@]3(F)[C@@H](O)C[C@@]21C. The summed E-state index contributed by atoms with van der Waals surface area (Å²) in [6, 6.07) is 5.85. The molecule has 13 amide bonds. The fourth-order valence-corrected chi connectivity index (χ4v) is 18.5.